The largest absolute Gasteiger partial charge is 1.00 e. The number of hydrogen-bond donors (Lipinski definition) is 0. The van der Waals surface area contributed by atoms with E-state index in [1.807, 2.05) is 6.07 Å². The van der Waals surface area contributed by atoms with Crippen LogP contribution in [0.4, 0.5) is 0 Å². The molecule has 0 fully saturated rings. The van der Waals surface area contributed by atoms with Gasteiger partial charge in [0, 0.05) is 5.56 Å². The summed E-state index contributed by atoms with van der Waals surface area (Å²) in [7, 11) is 1.21. The van der Waals surface area contributed by atoms with Crippen LogP contribution in [0.15, 0.2) is 36.4 Å². The maximum absolute atomic E-state index is 11.6. The Kier molecular flexibility index (Phi) is 4.90. The molecule has 0 bridgehead atoms. The average Bonchev–Trinajstić information content (AvgIpc) is 2.36. The zero-order valence-corrected chi connectivity index (χ0v) is 12.1. The molecule has 2 aromatic carbocycles. The Morgan fingerprint density at radius 3 is 2.39 bits per heavy atom. The number of carbonyl (C=O) groups excluding carboxylic acids is 2. The van der Waals surface area contributed by atoms with Crippen molar-refractivity contribution in [2.24, 2.45) is 0 Å². The molecule has 0 aromatic heterocycles. The zero-order chi connectivity index (χ0) is 12.4. The summed E-state index contributed by atoms with van der Waals surface area (Å²) >= 11 is 0. The van der Waals surface area contributed by atoms with Crippen molar-refractivity contribution < 1.29 is 49.0 Å². The smallest absolute Gasteiger partial charge is 0.545 e. The van der Waals surface area contributed by atoms with Crippen molar-refractivity contribution in [2.45, 2.75) is 0 Å². The fourth-order valence-corrected chi connectivity index (χ4v) is 1.76. The summed E-state index contributed by atoms with van der Waals surface area (Å²) in [6, 6.07) is 9.99. The van der Waals surface area contributed by atoms with Crippen LogP contribution >= 0.6 is 0 Å². The maximum Gasteiger partial charge on any atom is 1.00 e. The number of esters is 1. The number of carboxylic acid groups (broad SMARTS) is 1. The molecule has 18 heavy (non-hydrogen) atoms. The van der Waals surface area contributed by atoms with Crippen LogP contribution < -0.4 is 34.7 Å². The molecule has 86 valence electrons. The summed E-state index contributed by atoms with van der Waals surface area (Å²) < 4.78 is 4.61. The minimum atomic E-state index is -1.39. The fraction of sp³-hybridized carbons (Fsp3) is 0.0769. The van der Waals surface area contributed by atoms with Gasteiger partial charge in [-0.25, -0.2) is 4.79 Å². The van der Waals surface area contributed by atoms with Crippen LogP contribution in [0.1, 0.15) is 20.7 Å². The first-order chi connectivity index (χ1) is 8.15. The third kappa shape index (κ3) is 2.56. The Morgan fingerprint density at radius 1 is 1.11 bits per heavy atom. The second-order valence-electron chi connectivity index (χ2n) is 3.49. The number of rotatable bonds is 2. The second kappa shape index (κ2) is 6.00. The topological polar surface area (TPSA) is 66.4 Å². The summed E-state index contributed by atoms with van der Waals surface area (Å²) in [4.78, 5) is 22.6. The summed E-state index contributed by atoms with van der Waals surface area (Å²) in [5, 5.41) is 12.3. The van der Waals surface area contributed by atoms with Crippen LogP contribution in [0.3, 0.4) is 0 Å². The molecule has 0 heterocycles. The molecule has 0 aliphatic carbocycles. The van der Waals surface area contributed by atoms with Crippen LogP contribution in [0, 0.1) is 0 Å². The van der Waals surface area contributed by atoms with Gasteiger partial charge in [0.25, 0.3) is 0 Å². The first-order valence-corrected chi connectivity index (χ1v) is 4.96. The van der Waals surface area contributed by atoms with Gasteiger partial charge in [0.05, 0.1) is 18.6 Å². The third-order valence-electron chi connectivity index (χ3n) is 2.54. The van der Waals surface area contributed by atoms with E-state index < -0.39 is 11.9 Å². The van der Waals surface area contributed by atoms with Gasteiger partial charge in [-0.05, 0) is 10.8 Å². The molecule has 0 amide bonds. The molecule has 2 rings (SSSR count). The molecule has 0 aliphatic heterocycles. The van der Waals surface area contributed by atoms with E-state index in [9.17, 15) is 14.7 Å². The number of benzene rings is 2. The molecule has 0 saturated carbocycles. The molecular formula is C13H9NaO4. The molecule has 0 saturated heterocycles. The van der Waals surface area contributed by atoms with Gasteiger partial charge < -0.3 is 14.6 Å². The summed E-state index contributed by atoms with van der Waals surface area (Å²) in [6.45, 7) is 0. The van der Waals surface area contributed by atoms with Crippen LogP contribution in [0.25, 0.3) is 10.8 Å². The van der Waals surface area contributed by atoms with Crippen molar-refractivity contribution in [3.8, 4) is 0 Å². The Morgan fingerprint density at radius 2 is 1.78 bits per heavy atom. The first kappa shape index (κ1) is 14.7. The third-order valence-corrected chi connectivity index (χ3v) is 2.54. The van der Waals surface area contributed by atoms with Crippen LogP contribution in [0.5, 0.6) is 0 Å². The molecular weight excluding hydrogens is 243 g/mol. The molecule has 0 spiro atoms. The van der Waals surface area contributed by atoms with E-state index in [0.717, 1.165) is 5.39 Å². The van der Waals surface area contributed by atoms with Gasteiger partial charge in [0.1, 0.15) is 0 Å². The van der Waals surface area contributed by atoms with Crippen molar-refractivity contribution in [3.05, 3.63) is 47.5 Å². The van der Waals surface area contributed by atoms with E-state index in [1.165, 1.54) is 13.2 Å². The van der Waals surface area contributed by atoms with Crippen molar-refractivity contribution >= 4 is 22.7 Å². The fourth-order valence-electron chi connectivity index (χ4n) is 1.76. The minimum absolute atomic E-state index is 0. The first-order valence-electron chi connectivity index (χ1n) is 4.96. The van der Waals surface area contributed by atoms with Crippen molar-refractivity contribution in [1.82, 2.24) is 0 Å². The van der Waals surface area contributed by atoms with Gasteiger partial charge in [-0.2, -0.15) is 0 Å². The minimum Gasteiger partial charge on any atom is -0.545 e. The Balaban J connectivity index is 0.00000162. The van der Waals surface area contributed by atoms with Crippen LogP contribution in [-0.4, -0.2) is 19.0 Å². The predicted molar refractivity (Wildman–Crippen MR) is 59.6 cm³/mol. The quantitative estimate of drug-likeness (QED) is 0.458. The second-order valence-corrected chi connectivity index (χ2v) is 3.49. The molecule has 0 N–H and O–H groups in total. The van der Waals surface area contributed by atoms with E-state index in [-0.39, 0.29) is 40.7 Å². The number of aromatic carboxylic acids is 1. The van der Waals surface area contributed by atoms with E-state index in [0.29, 0.717) is 5.39 Å². The van der Waals surface area contributed by atoms with E-state index in [4.69, 9.17) is 0 Å². The average molecular weight is 252 g/mol. The van der Waals surface area contributed by atoms with E-state index in [1.54, 1.807) is 24.3 Å². The monoisotopic (exact) mass is 252 g/mol. The van der Waals surface area contributed by atoms with Gasteiger partial charge >= 0.3 is 35.5 Å². The van der Waals surface area contributed by atoms with Gasteiger partial charge in [-0.3, -0.25) is 0 Å². The summed E-state index contributed by atoms with van der Waals surface area (Å²) in [6.07, 6.45) is 0. The zero-order valence-electron chi connectivity index (χ0n) is 10.1. The van der Waals surface area contributed by atoms with Gasteiger partial charge in [-0.1, -0.05) is 36.4 Å². The maximum atomic E-state index is 11.6. The Labute approximate surface area is 126 Å². The van der Waals surface area contributed by atoms with Crippen molar-refractivity contribution in [2.75, 3.05) is 7.11 Å². The SMILES string of the molecule is COC(=O)c1c(C(=O)[O-])ccc2ccccc12.[Na+]. The number of carbonyl (C=O) groups is 2. The Bertz CT molecular complexity index is 607. The van der Waals surface area contributed by atoms with Crippen molar-refractivity contribution in [1.29, 1.82) is 0 Å². The van der Waals surface area contributed by atoms with Gasteiger partial charge in [0.15, 0.2) is 0 Å². The van der Waals surface area contributed by atoms with E-state index in [2.05, 4.69) is 4.74 Å². The Hall–Kier alpha value is -1.36. The molecule has 0 unspecified atom stereocenters. The van der Waals surface area contributed by atoms with E-state index >= 15 is 0 Å². The molecule has 0 atom stereocenters. The van der Waals surface area contributed by atoms with Crippen molar-refractivity contribution in [3.63, 3.8) is 0 Å². The summed E-state index contributed by atoms with van der Waals surface area (Å²) in [5.74, 6) is -2.07. The summed E-state index contributed by atoms with van der Waals surface area (Å²) in [5.41, 5.74) is -0.124. The molecule has 4 nitrogen and oxygen atoms in total. The normalized spacial score (nSPS) is 9.61. The molecule has 0 radical (unpaired) electrons. The molecule has 2 aromatic rings. The standard InChI is InChI=1S/C13H10O4.Na/c1-17-13(16)11-9-5-3-2-4-8(9)6-7-10(11)12(14)15;/h2-7H,1H3,(H,14,15);/q;+1/p-1. The number of methoxy groups -OCH3 is 1. The number of ether oxygens (including phenoxy) is 1. The molecule has 5 heteroatoms. The predicted octanol–water partition coefficient (Wildman–Crippen LogP) is -2.01. The number of fused-ring (bicyclic) bond motifs is 1. The van der Waals surface area contributed by atoms with Gasteiger partial charge in [0.2, 0.25) is 0 Å². The van der Waals surface area contributed by atoms with Crippen LogP contribution in [0.2, 0.25) is 0 Å². The number of carboxylic acids is 1. The van der Waals surface area contributed by atoms with Gasteiger partial charge in [-0.15, -0.1) is 0 Å². The molecule has 0 aliphatic rings. The van der Waals surface area contributed by atoms with Crippen LogP contribution in [-0.2, 0) is 4.74 Å². The number of hydrogen-bond acceptors (Lipinski definition) is 4.